The van der Waals surface area contributed by atoms with Crippen LogP contribution in [0.3, 0.4) is 0 Å². The van der Waals surface area contributed by atoms with Gasteiger partial charge in [0, 0.05) is 39.3 Å². The summed E-state index contributed by atoms with van der Waals surface area (Å²) in [6.45, 7) is 9.59. The fourth-order valence-corrected chi connectivity index (χ4v) is 2.71. The summed E-state index contributed by atoms with van der Waals surface area (Å²) in [6, 6.07) is 0.252. The third kappa shape index (κ3) is 4.50. The van der Waals surface area contributed by atoms with Crippen molar-refractivity contribution in [3.63, 3.8) is 0 Å². The van der Waals surface area contributed by atoms with E-state index < -0.39 is 0 Å². The van der Waals surface area contributed by atoms with E-state index in [0.29, 0.717) is 10.9 Å². The molecule has 0 aromatic rings. The highest BCUT2D eigenvalue weighted by Gasteiger charge is 2.24. The fraction of sp³-hybridized carbons (Fsp3) is 0.917. The second kappa shape index (κ2) is 7.26. The molecule has 1 rings (SSSR count). The van der Waals surface area contributed by atoms with E-state index in [1.54, 1.807) is 0 Å². The smallest absolute Gasteiger partial charge is 0.0901 e. The van der Waals surface area contributed by atoms with Gasteiger partial charge in [-0.1, -0.05) is 26.1 Å². The van der Waals surface area contributed by atoms with Crippen LogP contribution in [0, 0.1) is 5.92 Å². The molecule has 100 valence electrons. The molecule has 1 aliphatic heterocycles. The van der Waals surface area contributed by atoms with E-state index in [0.717, 1.165) is 39.1 Å². The van der Waals surface area contributed by atoms with Gasteiger partial charge in [0.2, 0.25) is 0 Å². The van der Waals surface area contributed by atoms with Crippen molar-refractivity contribution in [3.8, 4) is 0 Å². The Hall–Kier alpha value is -0.230. The molecule has 0 saturated carbocycles. The van der Waals surface area contributed by atoms with Crippen LogP contribution in [-0.2, 0) is 0 Å². The number of aliphatic hydroxyl groups is 1. The molecule has 0 aliphatic carbocycles. The highest BCUT2D eigenvalue weighted by Crippen LogP contribution is 2.11. The van der Waals surface area contributed by atoms with Crippen LogP contribution in [0.5, 0.6) is 0 Å². The fourth-order valence-electron chi connectivity index (χ4n) is 2.40. The molecule has 17 heavy (non-hydrogen) atoms. The van der Waals surface area contributed by atoms with Gasteiger partial charge in [0.1, 0.15) is 0 Å². The first-order chi connectivity index (χ1) is 8.08. The van der Waals surface area contributed by atoms with Crippen LogP contribution in [0.2, 0.25) is 0 Å². The number of hydrogen-bond donors (Lipinski definition) is 2. The SMILES string of the molecule is CCC(C(N)=S)N1CCN(CC(C)CO)CC1. The van der Waals surface area contributed by atoms with Gasteiger partial charge in [-0.05, 0) is 12.3 Å². The van der Waals surface area contributed by atoms with Crippen molar-refractivity contribution < 1.29 is 5.11 Å². The zero-order valence-corrected chi connectivity index (χ0v) is 11.7. The maximum absolute atomic E-state index is 9.05. The summed E-state index contributed by atoms with van der Waals surface area (Å²) < 4.78 is 0. The number of thiocarbonyl (C=S) groups is 1. The maximum Gasteiger partial charge on any atom is 0.0901 e. The summed E-state index contributed by atoms with van der Waals surface area (Å²) in [6.07, 6.45) is 0.988. The van der Waals surface area contributed by atoms with Gasteiger partial charge in [0.05, 0.1) is 11.0 Å². The van der Waals surface area contributed by atoms with Crippen molar-refractivity contribution in [2.75, 3.05) is 39.3 Å². The molecule has 1 aliphatic rings. The molecule has 1 fully saturated rings. The molecule has 2 atom stereocenters. The number of hydrogen-bond acceptors (Lipinski definition) is 4. The Morgan fingerprint density at radius 1 is 1.35 bits per heavy atom. The van der Waals surface area contributed by atoms with Crippen LogP contribution < -0.4 is 5.73 Å². The topological polar surface area (TPSA) is 52.7 Å². The van der Waals surface area contributed by atoms with E-state index in [1.165, 1.54) is 0 Å². The van der Waals surface area contributed by atoms with Gasteiger partial charge in [-0.15, -0.1) is 0 Å². The van der Waals surface area contributed by atoms with Crippen LogP contribution in [-0.4, -0.2) is 65.3 Å². The average Bonchev–Trinajstić information content (AvgIpc) is 2.31. The molecule has 0 aromatic heterocycles. The molecule has 1 saturated heterocycles. The van der Waals surface area contributed by atoms with Gasteiger partial charge in [-0.2, -0.15) is 0 Å². The number of nitrogens with two attached hydrogens (primary N) is 1. The Morgan fingerprint density at radius 2 is 1.94 bits per heavy atom. The monoisotopic (exact) mass is 259 g/mol. The normalized spacial score (nSPS) is 22.3. The lowest BCUT2D eigenvalue weighted by molar-refractivity contribution is 0.0940. The minimum atomic E-state index is 0.252. The third-order valence-electron chi connectivity index (χ3n) is 3.44. The van der Waals surface area contributed by atoms with Crippen molar-refractivity contribution in [2.45, 2.75) is 26.3 Å². The Labute approximate surface area is 110 Å². The lowest BCUT2D eigenvalue weighted by Gasteiger charge is -2.39. The Morgan fingerprint density at radius 3 is 2.35 bits per heavy atom. The van der Waals surface area contributed by atoms with Gasteiger partial charge < -0.3 is 15.7 Å². The molecule has 0 amide bonds. The summed E-state index contributed by atoms with van der Waals surface area (Å²) >= 11 is 5.10. The number of rotatable bonds is 6. The van der Waals surface area contributed by atoms with Crippen molar-refractivity contribution >= 4 is 17.2 Å². The maximum atomic E-state index is 9.05. The Bertz CT molecular complexity index is 242. The lowest BCUT2D eigenvalue weighted by atomic mass is 10.1. The predicted molar refractivity (Wildman–Crippen MR) is 75.1 cm³/mol. The predicted octanol–water partition coefficient (Wildman–Crippen LogP) is 0.297. The van der Waals surface area contributed by atoms with Gasteiger partial charge >= 0.3 is 0 Å². The standard InChI is InChI=1S/C12H25N3OS/c1-3-11(12(13)17)15-6-4-14(5-7-15)8-10(2)9-16/h10-11,16H,3-9H2,1-2H3,(H2,13,17). The Balaban J connectivity index is 2.37. The van der Waals surface area contributed by atoms with E-state index in [-0.39, 0.29) is 12.6 Å². The first-order valence-corrected chi connectivity index (χ1v) is 6.85. The Kier molecular flexibility index (Phi) is 6.33. The second-order valence-electron chi connectivity index (χ2n) is 4.95. The summed E-state index contributed by atoms with van der Waals surface area (Å²) in [4.78, 5) is 5.40. The van der Waals surface area contributed by atoms with Crippen LogP contribution in [0.1, 0.15) is 20.3 Å². The van der Waals surface area contributed by atoms with Crippen LogP contribution in [0.15, 0.2) is 0 Å². The van der Waals surface area contributed by atoms with Crippen molar-refractivity contribution in [2.24, 2.45) is 11.7 Å². The zero-order chi connectivity index (χ0) is 12.8. The second-order valence-corrected chi connectivity index (χ2v) is 5.42. The molecule has 0 radical (unpaired) electrons. The minimum absolute atomic E-state index is 0.252. The highest BCUT2D eigenvalue weighted by molar-refractivity contribution is 7.80. The first kappa shape index (κ1) is 14.8. The van der Waals surface area contributed by atoms with E-state index >= 15 is 0 Å². The van der Waals surface area contributed by atoms with Crippen molar-refractivity contribution in [1.29, 1.82) is 0 Å². The van der Waals surface area contributed by atoms with E-state index in [1.807, 2.05) is 0 Å². The number of piperazine rings is 1. The van der Waals surface area contributed by atoms with Gasteiger partial charge in [0.25, 0.3) is 0 Å². The van der Waals surface area contributed by atoms with Crippen molar-refractivity contribution in [3.05, 3.63) is 0 Å². The molecular formula is C12H25N3OS. The molecule has 0 spiro atoms. The molecule has 0 bridgehead atoms. The quantitative estimate of drug-likeness (QED) is 0.672. The van der Waals surface area contributed by atoms with Gasteiger partial charge in [-0.3, -0.25) is 4.90 Å². The van der Waals surface area contributed by atoms with E-state index in [2.05, 4.69) is 23.6 Å². The van der Waals surface area contributed by atoms with Crippen LogP contribution >= 0.6 is 12.2 Å². The van der Waals surface area contributed by atoms with Crippen LogP contribution in [0.4, 0.5) is 0 Å². The largest absolute Gasteiger partial charge is 0.396 e. The lowest BCUT2D eigenvalue weighted by Crippen LogP contribution is -2.54. The molecule has 4 nitrogen and oxygen atoms in total. The zero-order valence-electron chi connectivity index (χ0n) is 10.9. The summed E-state index contributed by atoms with van der Waals surface area (Å²) in [5.74, 6) is 0.360. The molecule has 3 N–H and O–H groups in total. The van der Waals surface area contributed by atoms with Crippen LogP contribution in [0.25, 0.3) is 0 Å². The average molecular weight is 259 g/mol. The summed E-state index contributed by atoms with van der Waals surface area (Å²) in [7, 11) is 0. The third-order valence-corrected chi connectivity index (χ3v) is 3.72. The molecule has 0 aromatic carbocycles. The number of aliphatic hydroxyl groups excluding tert-OH is 1. The molecule has 5 heteroatoms. The molecular weight excluding hydrogens is 234 g/mol. The molecule has 2 unspecified atom stereocenters. The summed E-state index contributed by atoms with van der Waals surface area (Å²) in [5, 5.41) is 9.05. The van der Waals surface area contributed by atoms with E-state index in [9.17, 15) is 0 Å². The van der Waals surface area contributed by atoms with E-state index in [4.69, 9.17) is 23.1 Å². The van der Waals surface area contributed by atoms with Gasteiger partial charge in [0.15, 0.2) is 0 Å². The van der Waals surface area contributed by atoms with Gasteiger partial charge in [-0.25, -0.2) is 0 Å². The summed E-state index contributed by atoms with van der Waals surface area (Å²) in [5.41, 5.74) is 5.76. The highest BCUT2D eigenvalue weighted by atomic mass is 32.1. The number of nitrogens with zero attached hydrogens (tertiary/aromatic N) is 2. The minimum Gasteiger partial charge on any atom is -0.396 e. The van der Waals surface area contributed by atoms with Crippen molar-refractivity contribution in [1.82, 2.24) is 9.80 Å². The first-order valence-electron chi connectivity index (χ1n) is 6.45. The molecule has 1 heterocycles.